The molecule has 0 aliphatic heterocycles. The highest BCUT2D eigenvalue weighted by Gasteiger charge is 2.17. The van der Waals surface area contributed by atoms with Gasteiger partial charge < -0.3 is 11.1 Å². The SMILES string of the molecule is Cc1ccc(N)cc1NC(=O)c1cc2c(s1)CCCCC2. The van der Waals surface area contributed by atoms with E-state index >= 15 is 0 Å². The van der Waals surface area contributed by atoms with E-state index in [-0.39, 0.29) is 5.91 Å². The molecule has 21 heavy (non-hydrogen) atoms. The Morgan fingerprint density at radius 1 is 1.19 bits per heavy atom. The first-order valence-electron chi connectivity index (χ1n) is 7.42. The topological polar surface area (TPSA) is 55.1 Å². The summed E-state index contributed by atoms with van der Waals surface area (Å²) in [5.74, 6) is -0.0261. The fraction of sp³-hybridized carbons (Fsp3) is 0.353. The number of benzene rings is 1. The first kappa shape index (κ1) is 14.1. The molecule has 3 nitrogen and oxygen atoms in total. The van der Waals surface area contributed by atoms with Gasteiger partial charge in [-0.3, -0.25) is 4.79 Å². The maximum atomic E-state index is 12.4. The molecular weight excluding hydrogens is 280 g/mol. The molecule has 3 N–H and O–H groups in total. The Balaban J connectivity index is 1.81. The van der Waals surface area contributed by atoms with E-state index in [0.717, 1.165) is 29.0 Å². The zero-order chi connectivity index (χ0) is 14.8. The minimum atomic E-state index is -0.0261. The molecule has 3 rings (SSSR count). The van der Waals surface area contributed by atoms with Crippen LogP contribution in [0.1, 0.15) is 44.9 Å². The molecule has 1 heterocycles. The second-order valence-corrected chi connectivity index (χ2v) is 6.78. The zero-order valence-corrected chi connectivity index (χ0v) is 13.1. The van der Waals surface area contributed by atoms with Crippen LogP contribution in [0.25, 0.3) is 0 Å². The van der Waals surface area contributed by atoms with E-state index in [1.807, 2.05) is 25.1 Å². The number of nitrogens with one attached hydrogen (secondary N) is 1. The van der Waals surface area contributed by atoms with E-state index in [0.29, 0.717) is 5.69 Å². The summed E-state index contributed by atoms with van der Waals surface area (Å²) in [5, 5.41) is 2.98. The van der Waals surface area contributed by atoms with Crippen LogP contribution in [0.4, 0.5) is 11.4 Å². The van der Waals surface area contributed by atoms with Crippen molar-refractivity contribution in [1.29, 1.82) is 0 Å². The molecule has 1 aromatic heterocycles. The van der Waals surface area contributed by atoms with E-state index in [1.165, 1.54) is 29.7 Å². The lowest BCUT2D eigenvalue weighted by molar-refractivity contribution is 0.103. The fourth-order valence-corrected chi connectivity index (χ4v) is 3.89. The van der Waals surface area contributed by atoms with Gasteiger partial charge in [0.15, 0.2) is 0 Å². The lowest BCUT2D eigenvalue weighted by Crippen LogP contribution is -2.11. The minimum Gasteiger partial charge on any atom is -0.399 e. The average molecular weight is 300 g/mol. The van der Waals surface area contributed by atoms with Gasteiger partial charge in [0.1, 0.15) is 0 Å². The van der Waals surface area contributed by atoms with Gasteiger partial charge in [0.25, 0.3) is 5.91 Å². The van der Waals surface area contributed by atoms with Crippen LogP contribution in [0.15, 0.2) is 24.3 Å². The zero-order valence-electron chi connectivity index (χ0n) is 12.2. The summed E-state index contributed by atoms with van der Waals surface area (Å²) in [5.41, 5.74) is 9.64. The summed E-state index contributed by atoms with van der Waals surface area (Å²) < 4.78 is 0. The second-order valence-electron chi connectivity index (χ2n) is 5.65. The van der Waals surface area contributed by atoms with E-state index in [1.54, 1.807) is 11.3 Å². The highest BCUT2D eigenvalue weighted by Crippen LogP contribution is 2.30. The quantitative estimate of drug-likeness (QED) is 0.646. The molecule has 2 aromatic rings. The van der Waals surface area contributed by atoms with Gasteiger partial charge in [-0.05, 0) is 61.9 Å². The lowest BCUT2D eigenvalue weighted by atomic mass is 10.1. The van der Waals surface area contributed by atoms with Gasteiger partial charge >= 0.3 is 0 Å². The molecule has 1 amide bonds. The first-order chi connectivity index (χ1) is 10.1. The van der Waals surface area contributed by atoms with Gasteiger partial charge in [-0.15, -0.1) is 11.3 Å². The van der Waals surface area contributed by atoms with Crippen LogP contribution in [0.5, 0.6) is 0 Å². The van der Waals surface area contributed by atoms with Gasteiger partial charge in [-0.2, -0.15) is 0 Å². The van der Waals surface area contributed by atoms with Crippen molar-refractivity contribution in [3.8, 4) is 0 Å². The summed E-state index contributed by atoms with van der Waals surface area (Å²) in [4.78, 5) is 14.6. The average Bonchev–Trinajstić information content (AvgIpc) is 2.74. The third-order valence-electron chi connectivity index (χ3n) is 3.98. The first-order valence-corrected chi connectivity index (χ1v) is 8.24. The molecular formula is C17H20N2OS. The largest absolute Gasteiger partial charge is 0.399 e. The van der Waals surface area contributed by atoms with Crippen LogP contribution in [-0.4, -0.2) is 5.91 Å². The highest BCUT2D eigenvalue weighted by atomic mass is 32.1. The number of hydrogen-bond donors (Lipinski definition) is 2. The van der Waals surface area contributed by atoms with Crippen LogP contribution in [-0.2, 0) is 12.8 Å². The van der Waals surface area contributed by atoms with Gasteiger partial charge in [-0.1, -0.05) is 12.5 Å². The molecule has 1 aromatic carbocycles. The van der Waals surface area contributed by atoms with Crippen molar-refractivity contribution in [3.63, 3.8) is 0 Å². The maximum Gasteiger partial charge on any atom is 0.265 e. The molecule has 1 aliphatic carbocycles. The Bertz CT molecular complexity index is 652. The number of rotatable bonds is 2. The molecule has 4 heteroatoms. The van der Waals surface area contributed by atoms with Crippen molar-refractivity contribution in [2.24, 2.45) is 0 Å². The molecule has 0 atom stereocenters. The number of nitrogen functional groups attached to an aromatic ring is 1. The highest BCUT2D eigenvalue weighted by molar-refractivity contribution is 7.14. The summed E-state index contributed by atoms with van der Waals surface area (Å²) >= 11 is 1.64. The number of hydrogen-bond acceptors (Lipinski definition) is 3. The van der Waals surface area contributed by atoms with E-state index in [4.69, 9.17) is 5.73 Å². The van der Waals surface area contributed by atoms with Gasteiger partial charge in [-0.25, -0.2) is 0 Å². The maximum absolute atomic E-state index is 12.4. The molecule has 110 valence electrons. The molecule has 0 bridgehead atoms. The molecule has 0 radical (unpaired) electrons. The van der Waals surface area contributed by atoms with E-state index < -0.39 is 0 Å². The van der Waals surface area contributed by atoms with Crippen LogP contribution >= 0.6 is 11.3 Å². The van der Waals surface area contributed by atoms with Crippen molar-refractivity contribution in [2.45, 2.75) is 39.0 Å². The van der Waals surface area contributed by atoms with Crippen LogP contribution in [0.2, 0.25) is 0 Å². The Morgan fingerprint density at radius 3 is 2.86 bits per heavy atom. The molecule has 1 aliphatic rings. The van der Waals surface area contributed by atoms with Crippen molar-refractivity contribution in [2.75, 3.05) is 11.1 Å². The number of carbonyl (C=O) groups is 1. The Labute approximate surface area is 129 Å². The molecule has 0 saturated carbocycles. The number of thiophene rings is 1. The van der Waals surface area contributed by atoms with Gasteiger partial charge in [0.2, 0.25) is 0 Å². The number of aryl methyl sites for hydroxylation is 3. The van der Waals surface area contributed by atoms with E-state index in [2.05, 4.69) is 11.4 Å². The lowest BCUT2D eigenvalue weighted by Gasteiger charge is -2.08. The third-order valence-corrected chi connectivity index (χ3v) is 5.22. The smallest absolute Gasteiger partial charge is 0.265 e. The minimum absolute atomic E-state index is 0.0261. The van der Waals surface area contributed by atoms with Gasteiger partial charge in [0, 0.05) is 16.3 Å². The summed E-state index contributed by atoms with van der Waals surface area (Å²) in [6.07, 6.45) is 5.99. The number of fused-ring (bicyclic) bond motifs is 1. The van der Waals surface area contributed by atoms with E-state index in [9.17, 15) is 4.79 Å². The van der Waals surface area contributed by atoms with Crippen LogP contribution in [0.3, 0.4) is 0 Å². The molecule has 0 saturated heterocycles. The third kappa shape index (κ3) is 3.10. The van der Waals surface area contributed by atoms with Crippen molar-refractivity contribution in [3.05, 3.63) is 45.1 Å². The summed E-state index contributed by atoms with van der Waals surface area (Å²) in [6, 6.07) is 7.65. The number of carbonyl (C=O) groups excluding carboxylic acids is 1. The molecule has 0 fully saturated rings. The van der Waals surface area contributed by atoms with Crippen LogP contribution in [0, 0.1) is 6.92 Å². The summed E-state index contributed by atoms with van der Waals surface area (Å²) in [6.45, 7) is 1.97. The second kappa shape index (κ2) is 5.90. The standard InChI is InChI=1S/C17H20N2OS/c1-11-7-8-13(18)10-14(11)19-17(20)16-9-12-5-3-2-4-6-15(12)21-16/h7-10H,2-6,18H2,1H3,(H,19,20). The molecule has 0 unspecified atom stereocenters. The van der Waals surface area contributed by atoms with Gasteiger partial charge in [0.05, 0.1) is 4.88 Å². The summed E-state index contributed by atoms with van der Waals surface area (Å²) in [7, 11) is 0. The normalized spacial score (nSPS) is 14.3. The monoisotopic (exact) mass is 300 g/mol. The predicted molar refractivity (Wildman–Crippen MR) is 89.1 cm³/mol. The van der Waals surface area contributed by atoms with Crippen molar-refractivity contribution in [1.82, 2.24) is 0 Å². The molecule has 0 spiro atoms. The van der Waals surface area contributed by atoms with Crippen molar-refractivity contribution >= 4 is 28.6 Å². The van der Waals surface area contributed by atoms with Crippen LogP contribution < -0.4 is 11.1 Å². The predicted octanol–water partition coefficient (Wildman–Crippen LogP) is 4.16. The Hall–Kier alpha value is -1.81. The number of nitrogens with two attached hydrogens (primary N) is 1. The number of anilines is 2. The Morgan fingerprint density at radius 2 is 2.00 bits per heavy atom. The number of amides is 1. The van der Waals surface area contributed by atoms with Crippen molar-refractivity contribution < 1.29 is 4.79 Å². The Kier molecular flexibility index (Phi) is 3.97. The fourth-order valence-electron chi connectivity index (χ4n) is 2.74.